The van der Waals surface area contributed by atoms with Crippen LogP contribution in [0.25, 0.3) is 0 Å². The van der Waals surface area contributed by atoms with E-state index in [1.165, 1.54) is 0 Å². The van der Waals surface area contributed by atoms with Crippen LogP contribution < -0.4 is 4.74 Å². The Kier molecular flexibility index (Phi) is 4.61. The largest absolute Gasteiger partial charge is 0.507 e. The number of rotatable bonds is 2. The first-order valence-corrected chi connectivity index (χ1v) is 8.91. The molecular weight excluding hydrogens is 342 g/mol. The van der Waals surface area contributed by atoms with Gasteiger partial charge in [-0.1, -0.05) is 0 Å². The minimum Gasteiger partial charge on any atom is -0.507 e. The maximum absolute atomic E-state index is 12.7. The van der Waals surface area contributed by atoms with Gasteiger partial charge in [0.1, 0.15) is 11.5 Å². The molecule has 0 bridgehead atoms. The lowest BCUT2D eigenvalue weighted by Crippen LogP contribution is -2.41. The summed E-state index contributed by atoms with van der Waals surface area (Å²) < 4.78 is 11.9. The number of carbonyl (C=O) groups is 1. The Labute approximate surface area is 159 Å². The first-order chi connectivity index (χ1) is 12.7. The number of hydrogen-bond acceptors (Lipinski definition) is 5. The molecule has 1 aliphatic rings. The van der Waals surface area contributed by atoms with E-state index < -0.39 is 11.8 Å². The summed E-state index contributed by atoms with van der Waals surface area (Å²) in [7, 11) is 0. The molecule has 1 heterocycles. The third-order valence-electron chi connectivity index (χ3n) is 5.37. The van der Waals surface area contributed by atoms with Crippen LogP contribution in [-0.2, 0) is 11.2 Å². The molecule has 0 spiro atoms. The number of phenolic OH excluding ortho intramolecular Hbond substituents is 1. The van der Waals surface area contributed by atoms with Crippen LogP contribution in [0.4, 0.5) is 0 Å². The summed E-state index contributed by atoms with van der Waals surface area (Å²) in [4.78, 5) is 12.7. The predicted octanol–water partition coefficient (Wildman–Crippen LogP) is 4.40. The summed E-state index contributed by atoms with van der Waals surface area (Å²) in [6.07, 6.45) is 1.13. The number of aromatic hydroxyl groups is 1. The van der Waals surface area contributed by atoms with Gasteiger partial charge in [-0.25, -0.2) is 4.79 Å². The van der Waals surface area contributed by atoms with E-state index in [1.54, 1.807) is 32.0 Å². The fourth-order valence-corrected chi connectivity index (χ4v) is 3.51. The van der Waals surface area contributed by atoms with E-state index in [1.807, 2.05) is 20.8 Å². The summed E-state index contributed by atoms with van der Waals surface area (Å²) in [5, 5.41) is 19.2. The van der Waals surface area contributed by atoms with E-state index in [2.05, 4.69) is 6.07 Å². The summed E-state index contributed by atoms with van der Waals surface area (Å²) in [5.74, 6) is -0.595. The number of benzene rings is 2. The third-order valence-corrected chi connectivity index (χ3v) is 5.37. The van der Waals surface area contributed by atoms with Crippen LogP contribution in [0.3, 0.4) is 0 Å². The second kappa shape index (κ2) is 6.62. The highest BCUT2D eigenvalue weighted by molar-refractivity contribution is 5.91. The maximum atomic E-state index is 12.7. The van der Waals surface area contributed by atoms with Crippen LogP contribution in [0.2, 0.25) is 0 Å². The average molecular weight is 365 g/mol. The second-order valence-electron chi connectivity index (χ2n) is 7.30. The smallest absolute Gasteiger partial charge is 0.341 e. The van der Waals surface area contributed by atoms with Crippen LogP contribution in [-0.4, -0.2) is 16.9 Å². The molecule has 5 heteroatoms. The Morgan fingerprint density at radius 3 is 2.56 bits per heavy atom. The molecule has 0 amide bonds. The number of ether oxygens (including phenoxy) is 2. The standard InChI is InChI=1S/C22H23NO4/c1-12-10-16(11-23)6-7-17(12)21(25)27-22(5)9-8-18-15(4)19(24)13(2)14(3)20(18)26-22/h6-7,10,24H,8-9H2,1-5H3. The highest BCUT2D eigenvalue weighted by atomic mass is 16.7. The summed E-state index contributed by atoms with van der Waals surface area (Å²) in [5.41, 5.74) is 4.99. The molecule has 0 radical (unpaired) electrons. The van der Waals surface area contributed by atoms with Gasteiger partial charge in [-0.3, -0.25) is 0 Å². The highest BCUT2D eigenvalue weighted by Gasteiger charge is 2.38. The van der Waals surface area contributed by atoms with Gasteiger partial charge in [-0.2, -0.15) is 5.26 Å². The zero-order valence-corrected chi connectivity index (χ0v) is 16.3. The van der Waals surface area contributed by atoms with Gasteiger partial charge in [0.25, 0.3) is 5.79 Å². The molecule has 1 unspecified atom stereocenters. The van der Waals surface area contributed by atoms with Crippen molar-refractivity contribution in [2.45, 2.75) is 53.2 Å². The first-order valence-electron chi connectivity index (χ1n) is 8.91. The molecule has 0 aliphatic carbocycles. The van der Waals surface area contributed by atoms with Crippen molar-refractivity contribution in [2.24, 2.45) is 0 Å². The van der Waals surface area contributed by atoms with E-state index in [-0.39, 0.29) is 0 Å². The normalized spacial score (nSPS) is 18.2. The van der Waals surface area contributed by atoms with Crippen LogP contribution in [0, 0.1) is 39.0 Å². The SMILES string of the molecule is Cc1cc(C#N)ccc1C(=O)OC1(C)CCc2c(C)c(O)c(C)c(C)c2O1. The van der Waals surface area contributed by atoms with E-state index in [4.69, 9.17) is 14.7 Å². The Balaban J connectivity index is 1.90. The summed E-state index contributed by atoms with van der Waals surface area (Å²) >= 11 is 0. The van der Waals surface area contributed by atoms with Gasteiger partial charge in [0, 0.05) is 18.9 Å². The molecule has 0 fully saturated rings. The Hall–Kier alpha value is -3.00. The van der Waals surface area contributed by atoms with Gasteiger partial charge in [0.05, 0.1) is 17.2 Å². The van der Waals surface area contributed by atoms with Crippen molar-refractivity contribution in [2.75, 3.05) is 0 Å². The molecule has 0 saturated carbocycles. The summed E-state index contributed by atoms with van der Waals surface area (Å²) in [6, 6.07) is 6.93. The number of phenols is 1. The molecule has 140 valence electrons. The van der Waals surface area contributed by atoms with E-state index in [9.17, 15) is 9.90 Å². The van der Waals surface area contributed by atoms with Crippen molar-refractivity contribution in [3.05, 3.63) is 57.1 Å². The molecule has 1 N–H and O–H groups in total. The van der Waals surface area contributed by atoms with Crippen molar-refractivity contribution in [3.8, 4) is 17.6 Å². The molecule has 3 rings (SSSR count). The molecule has 2 aromatic carbocycles. The lowest BCUT2D eigenvalue weighted by atomic mass is 9.91. The van der Waals surface area contributed by atoms with Gasteiger partial charge >= 0.3 is 5.97 Å². The number of carbonyl (C=O) groups excluding carboxylic acids is 1. The fraction of sp³-hybridized carbons (Fsp3) is 0.364. The number of hydrogen-bond donors (Lipinski definition) is 1. The topological polar surface area (TPSA) is 79.6 Å². The lowest BCUT2D eigenvalue weighted by molar-refractivity contribution is -0.142. The van der Waals surface area contributed by atoms with Crippen molar-refractivity contribution in [3.63, 3.8) is 0 Å². The quantitative estimate of drug-likeness (QED) is 0.798. The molecular formula is C22H23NO4. The second-order valence-corrected chi connectivity index (χ2v) is 7.30. The molecule has 1 aliphatic heterocycles. The number of fused-ring (bicyclic) bond motifs is 1. The van der Waals surface area contributed by atoms with E-state index in [0.29, 0.717) is 41.0 Å². The average Bonchev–Trinajstić information content (AvgIpc) is 2.64. The Bertz CT molecular complexity index is 987. The van der Waals surface area contributed by atoms with Crippen molar-refractivity contribution >= 4 is 5.97 Å². The molecule has 2 aromatic rings. The maximum Gasteiger partial charge on any atom is 0.341 e. The minimum atomic E-state index is -1.09. The highest BCUT2D eigenvalue weighted by Crippen LogP contribution is 2.43. The molecule has 5 nitrogen and oxygen atoms in total. The van der Waals surface area contributed by atoms with Gasteiger partial charge in [-0.05, 0) is 74.6 Å². The third kappa shape index (κ3) is 3.23. The number of nitriles is 1. The van der Waals surface area contributed by atoms with Gasteiger partial charge in [-0.15, -0.1) is 0 Å². The van der Waals surface area contributed by atoms with Crippen molar-refractivity contribution in [1.82, 2.24) is 0 Å². The van der Waals surface area contributed by atoms with Crippen LogP contribution in [0.15, 0.2) is 18.2 Å². The molecule has 27 heavy (non-hydrogen) atoms. The van der Waals surface area contributed by atoms with E-state index in [0.717, 1.165) is 22.3 Å². The zero-order valence-electron chi connectivity index (χ0n) is 16.3. The van der Waals surface area contributed by atoms with Crippen molar-refractivity contribution < 1.29 is 19.4 Å². The van der Waals surface area contributed by atoms with Gasteiger partial charge in [0.15, 0.2) is 0 Å². The fourth-order valence-electron chi connectivity index (χ4n) is 3.51. The number of aryl methyl sites for hydroxylation is 1. The minimum absolute atomic E-state index is 0.295. The Morgan fingerprint density at radius 2 is 1.93 bits per heavy atom. The number of esters is 1. The first kappa shape index (κ1) is 18.8. The number of nitrogens with zero attached hydrogens (tertiary/aromatic N) is 1. The summed E-state index contributed by atoms with van der Waals surface area (Å²) in [6.45, 7) is 9.14. The molecule has 0 aromatic heterocycles. The predicted molar refractivity (Wildman–Crippen MR) is 101 cm³/mol. The monoisotopic (exact) mass is 365 g/mol. The molecule has 1 atom stereocenters. The lowest BCUT2D eigenvalue weighted by Gasteiger charge is -2.37. The van der Waals surface area contributed by atoms with Crippen LogP contribution in [0.5, 0.6) is 11.5 Å². The van der Waals surface area contributed by atoms with Gasteiger partial charge < -0.3 is 14.6 Å². The van der Waals surface area contributed by atoms with Crippen molar-refractivity contribution in [1.29, 1.82) is 5.26 Å². The van der Waals surface area contributed by atoms with Gasteiger partial charge in [0.2, 0.25) is 0 Å². The zero-order chi connectivity index (χ0) is 19.9. The Morgan fingerprint density at radius 1 is 1.22 bits per heavy atom. The van der Waals surface area contributed by atoms with Crippen LogP contribution in [0.1, 0.15) is 57.1 Å². The van der Waals surface area contributed by atoms with Crippen LogP contribution >= 0.6 is 0 Å². The van der Waals surface area contributed by atoms with E-state index >= 15 is 0 Å². The molecule has 0 saturated heterocycles.